The summed E-state index contributed by atoms with van der Waals surface area (Å²) in [4.78, 5) is 16.9. The average Bonchev–Trinajstić information content (AvgIpc) is 2.98. The van der Waals surface area contributed by atoms with E-state index in [2.05, 4.69) is 4.90 Å². The van der Waals surface area contributed by atoms with Crippen molar-refractivity contribution in [2.75, 3.05) is 26.2 Å². The minimum absolute atomic E-state index is 0.213. The van der Waals surface area contributed by atoms with Crippen LogP contribution < -0.4 is 5.73 Å². The van der Waals surface area contributed by atoms with Crippen LogP contribution in [0.4, 0.5) is 0 Å². The summed E-state index contributed by atoms with van der Waals surface area (Å²) in [5.74, 6) is 0.213. The lowest BCUT2D eigenvalue weighted by Crippen LogP contribution is -2.46. The molecule has 0 bridgehead atoms. The van der Waals surface area contributed by atoms with Gasteiger partial charge in [0.2, 0.25) is 5.91 Å². The van der Waals surface area contributed by atoms with E-state index in [1.54, 1.807) is 0 Å². The van der Waals surface area contributed by atoms with Gasteiger partial charge in [0.05, 0.1) is 5.54 Å². The highest BCUT2D eigenvalue weighted by atomic mass is 16.2. The van der Waals surface area contributed by atoms with Crippen LogP contribution in [0.3, 0.4) is 0 Å². The smallest absolute Gasteiger partial charge is 0.242 e. The quantitative estimate of drug-likeness (QED) is 0.795. The Morgan fingerprint density at radius 2 is 1.72 bits per heavy atom. The Hall–Kier alpha value is -0.610. The summed E-state index contributed by atoms with van der Waals surface area (Å²) in [6.07, 6.45) is 8.01. The molecule has 4 heteroatoms. The van der Waals surface area contributed by atoms with Crippen molar-refractivity contribution in [2.45, 2.75) is 56.5 Å². The van der Waals surface area contributed by atoms with Crippen LogP contribution in [-0.2, 0) is 4.79 Å². The van der Waals surface area contributed by atoms with Gasteiger partial charge in [0, 0.05) is 19.1 Å². The number of carbonyl (C=O) groups excluding carboxylic acids is 1. The van der Waals surface area contributed by atoms with Gasteiger partial charge < -0.3 is 15.5 Å². The highest BCUT2D eigenvalue weighted by molar-refractivity contribution is 5.89. The third kappa shape index (κ3) is 2.41. The van der Waals surface area contributed by atoms with Crippen molar-refractivity contribution in [2.24, 2.45) is 5.73 Å². The summed E-state index contributed by atoms with van der Waals surface area (Å²) in [5.41, 5.74) is 5.55. The number of likely N-dealkylation sites (tertiary alicyclic amines) is 2. The molecule has 0 radical (unpaired) electrons. The number of nitrogens with zero attached hydrogens (tertiary/aromatic N) is 2. The van der Waals surface area contributed by atoms with Gasteiger partial charge in [0.25, 0.3) is 0 Å². The first-order chi connectivity index (χ1) is 8.69. The Kier molecular flexibility index (Phi) is 3.32. The van der Waals surface area contributed by atoms with E-state index in [9.17, 15) is 4.79 Å². The third-order valence-electron chi connectivity index (χ3n) is 4.86. The lowest BCUT2D eigenvalue weighted by molar-refractivity contribution is -0.133. The number of hydrogen-bond donors (Lipinski definition) is 1. The fraction of sp³-hybridized carbons (Fsp3) is 0.929. The van der Waals surface area contributed by atoms with E-state index in [1.165, 1.54) is 32.4 Å². The van der Waals surface area contributed by atoms with Gasteiger partial charge in [0.15, 0.2) is 0 Å². The van der Waals surface area contributed by atoms with Gasteiger partial charge in [-0.1, -0.05) is 0 Å². The maximum Gasteiger partial charge on any atom is 0.242 e. The summed E-state index contributed by atoms with van der Waals surface area (Å²) in [6.45, 7) is 4.36. The SMILES string of the molecule is NC1(C(=O)N2CCCC(N3CCCC3)CC2)CC1. The molecule has 0 aromatic heterocycles. The van der Waals surface area contributed by atoms with Crippen LogP contribution in [0.15, 0.2) is 0 Å². The minimum atomic E-state index is -0.479. The fourth-order valence-corrected chi connectivity index (χ4v) is 3.42. The maximum atomic E-state index is 12.3. The number of amides is 1. The van der Waals surface area contributed by atoms with Crippen molar-refractivity contribution in [1.29, 1.82) is 0 Å². The second-order valence-corrected chi connectivity index (χ2v) is 6.28. The summed E-state index contributed by atoms with van der Waals surface area (Å²) in [7, 11) is 0. The van der Waals surface area contributed by atoms with Crippen molar-refractivity contribution in [3.05, 3.63) is 0 Å². The van der Waals surface area contributed by atoms with Gasteiger partial charge in [0.1, 0.15) is 0 Å². The van der Waals surface area contributed by atoms with E-state index in [0.717, 1.165) is 38.8 Å². The summed E-state index contributed by atoms with van der Waals surface area (Å²) in [6, 6.07) is 0.707. The molecule has 0 spiro atoms. The van der Waals surface area contributed by atoms with Crippen LogP contribution in [0.5, 0.6) is 0 Å². The number of rotatable bonds is 2. The topological polar surface area (TPSA) is 49.6 Å². The summed E-state index contributed by atoms with van der Waals surface area (Å²) >= 11 is 0. The minimum Gasteiger partial charge on any atom is -0.341 e. The van der Waals surface area contributed by atoms with Crippen molar-refractivity contribution in [1.82, 2.24) is 9.80 Å². The van der Waals surface area contributed by atoms with Gasteiger partial charge in [-0.15, -0.1) is 0 Å². The Labute approximate surface area is 109 Å². The molecule has 2 saturated heterocycles. The van der Waals surface area contributed by atoms with Gasteiger partial charge in [-0.2, -0.15) is 0 Å². The second kappa shape index (κ2) is 4.82. The molecule has 1 atom stereocenters. The highest BCUT2D eigenvalue weighted by Gasteiger charge is 2.48. The van der Waals surface area contributed by atoms with E-state index in [1.807, 2.05) is 4.90 Å². The molecule has 1 saturated carbocycles. The standard InChI is InChI=1S/C14H25N3O/c15-14(6-7-14)13(18)17-10-3-4-12(5-11-17)16-8-1-2-9-16/h12H,1-11,15H2. The Morgan fingerprint density at radius 1 is 1.00 bits per heavy atom. The largest absolute Gasteiger partial charge is 0.341 e. The van der Waals surface area contributed by atoms with Gasteiger partial charge in [-0.25, -0.2) is 0 Å². The molecule has 3 aliphatic rings. The zero-order chi connectivity index (χ0) is 12.6. The summed E-state index contributed by atoms with van der Waals surface area (Å²) in [5, 5.41) is 0. The molecule has 18 heavy (non-hydrogen) atoms. The monoisotopic (exact) mass is 251 g/mol. The molecule has 2 heterocycles. The van der Waals surface area contributed by atoms with Gasteiger partial charge in [-0.05, 0) is 58.0 Å². The zero-order valence-corrected chi connectivity index (χ0v) is 11.2. The van der Waals surface area contributed by atoms with Crippen molar-refractivity contribution < 1.29 is 4.79 Å². The molecule has 1 unspecified atom stereocenters. The third-order valence-corrected chi connectivity index (χ3v) is 4.86. The molecule has 2 N–H and O–H groups in total. The molecule has 1 aliphatic carbocycles. The normalized spacial score (nSPS) is 32.3. The van der Waals surface area contributed by atoms with Crippen LogP contribution in [0, 0.1) is 0 Å². The van der Waals surface area contributed by atoms with Crippen LogP contribution in [-0.4, -0.2) is 53.5 Å². The molecule has 0 aromatic carbocycles. The van der Waals surface area contributed by atoms with E-state index in [4.69, 9.17) is 5.73 Å². The Balaban J connectivity index is 1.56. The maximum absolute atomic E-state index is 12.3. The van der Waals surface area contributed by atoms with Crippen molar-refractivity contribution in [3.8, 4) is 0 Å². The van der Waals surface area contributed by atoms with E-state index in [0.29, 0.717) is 6.04 Å². The number of hydrogen-bond acceptors (Lipinski definition) is 3. The first-order valence-electron chi connectivity index (χ1n) is 7.51. The average molecular weight is 251 g/mol. The Morgan fingerprint density at radius 3 is 2.39 bits per heavy atom. The fourth-order valence-electron chi connectivity index (χ4n) is 3.42. The highest BCUT2D eigenvalue weighted by Crippen LogP contribution is 2.35. The molecular weight excluding hydrogens is 226 g/mol. The predicted octanol–water partition coefficient (Wildman–Crippen LogP) is 0.955. The molecule has 0 aromatic rings. The first-order valence-corrected chi connectivity index (χ1v) is 7.51. The molecule has 102 valence electrons. The van der Waals surface area contributed by atoms with E-state index in [-0.39, 0.29) is 5.91 Å². The first kappa shape index (κ1) is 12.4. The van der Waals surface area contributed by atoms with Crippen molar-refractivity contribution >= 4 is 5.91 Å². The summed E-state index contributed by atoms with van der Waals surface area (Å²) < 4.78 is 0. The zero-order valence-electron chi connectivity index (χ0n) is 11.2. The molecule has 4 nitrogen and oxygen atoms in total. The lowest BCUT2D eigenvalue weighted by Gasteiger charge is -2.27. The van der Waals surface area contributed by atoms with E-state index < -0.39 is 5.54 Å². The molecule has 2 aliphatic heterocycles. The van der Waals surface area contributed by atoms with Crippen LogP contribution in [0.2, 0.25) is 0 Å². The molecule has 3 fully saturated rings. The second-order valence-electron chi connectivity index (χ2n) is 6.28. The van der Waals surface area contributed by atoms with E-state index >= 15 is 0 Å². The molecular formula is C14H25N3O. The number of nitrogens with two attached hydrogens (primary N) is 1. The molecule has 3 rings (SSSR count). The van der Waals surface area contributed by atoms with Gasteiger partial charge >= 0.3 is 0 Å². The van der Waals surface area contributed by atoms with Gasteiger partial charge in [-0.3, -0.25) is 4.79 Å². The van der Waals surface area contributed by atoms with Crippen LogP contribution in [0.25, 0.3) is 0 Å². The molecule has 1 amide bonds. The number of carbonyl (C=O) groups is 1. The van der Waals surface area contributed by atoms with Crippen LogP contribution in [0.1, 0.15) is 44.9 Å². The predicted molar refractivity (Wildman–Crippen MR) is 71.2 cm³/mol. The van der Waals surface area contributed by atoms with Crippen LogP contribution >= 0.6 is 0 Å². The lowest BCUT2D eigenvalue weighted by atomic mass is 10.1. The van der Waals surface area contributed by atoms with Crippen molar-refractivity contribution in [3.63, 3.8) is 0 Å². The Bertz CT molecular complexity index is 321.